The molecule has 0 amide bonds. The van der Waals surface area contributed by atoms with Crippen molar-refractivity contribution in [3.05, 3.63) is 34.5 Å². The molecule has 0 unspecified atom stereocenters. The lowest BCUT2D eigenvalue weighted by molar-refractivity contribution is 1.16. The molecule has 0 radical (unpaired) electrons. The van der Waals surface area contributed by atoms with Gasteiger partial charge in [-0.2, -0.15) is 0 Å². The Bertz CT molecular complexity index is 271. The Balaban J connectivity index is 3.77. The zero-order chi connectivity index (χ0) is 11.5. The molecule has 15 heavy (non-hydrogen) atoms. The Morgan fingerprint density at radius 2 is 2.07 bits per heavy atom. The molecule has 0 bridgehead atoms. The van der Waals surface area contributed by atoms with Crippen molar-refractivity contribution in [1.29, 1.82) is 0 Å². The van der Waals surface area contributed by atoms with Gasteiger partial charge >= 0.3 is 0 Å². The minimum atomic E-state index is 0.731. The molecule has 0 aromatic rings. The molecule has 0 rings (SSSR count). The number of hydrogen-bond donors (Lipinski definition) is 1. The molecule has 0 spiro atoms. The van der Waals surface area contributed by atoms with Crippen LogP contribution in [0.2, 0.25) is 0 Å². The third-order valence-corrected chi connectivity index (χ3v) is 1.88. The number of rotatable bonds is 6. The van der Waals surface area contributed by atoms with E-state index in [-0.39, 0.29) is 0 Å². The van der Waals surface area contributed by atoms with Crippen molar-refractivity contribution < 1.29 is 0 Å². The summed E-state index contributed by atoms with van der Waals surface area (Å²) in [6, 6.07) is 0. The van der Waals surface area contributed by atoms with Crippen LogP contribution in [0.1, 0.15) is 27.2 Å². The monoisotopic (exact) mass is 270 g/mol. The van der Waals surface area contributed by atoms with Crippen LogP contribution < -0.4 is 5.32 Å². The van der Waals surface area contributed by atoms with Gasteiger partial charge in [0.1, 0.15) is 0 Å². The second kappa shape index (κ2) is 9.71. The molecule has 84 valence electrons. The van der Waals surface area contributed by atoms with Crippen molar-refractivity contribution in [2.24, 2.45) is 4.99 Å². The Hall–Kier alpha value is -0.830. The van der Waals surface area contributed by atoms with Crippen molar-refractivity contribution in [3.8, 4) is 0 Å². The second-order valence-corrected chi connectivity index (χ2v) is 4.21. The molecule has 1 N–H and O–H groups in total. The van der Waals surface area contributed by atoms with Gasteiger partial charge in [0.15, 0.2) is 0 Å². The highest BCUT2D eigenvalue weighted by atomic mass is 79.9. The third kappa shape index (κ3) is 11.1. The highest BCUT2D eigenvalue weighted by Crippen LogP contribution is 2.07. The number of hydrogen-bond acceptors (Lipinski definition) is 1. The van der Waals surface area contributed by atoms with Crippen molar-refractivity contribution in [2.45, 2.75) is 27.2 Å². The van der Waals surface area contributed by atoms with Crippen molar-refractivity contribution in [1.82, 2.24) is 5.32 Å². The van der Waals surface area contributed by atoms with Crippen molar-refractivity contribution >= 4 is 22.3 Å². The smallest absolute Gasteiger partial charge is 0.0867 e. The molecule has 0 fully saturated rings. The van der Waals surface area contributed by atoms with E-state index in [9.17, 15) is 0 Å². The van der Waals surface area contributed by atoms with E-state index in [1.165, 1.54) is 5.57 Å². The van der Waals surface area contributed by atoms with Crippen LogP contribution in [-0.4, -0.2) is 12.9 Å². The van der Waals surface area contributed by atoms with Gasteiger partial charge in [-0.1, -0.05) is 24.6 Å². The minimum absolute atomic E-state index is 0.731. The molecule has 2 nitrogen and oxygen atoms in total. The summed E-state index contributed by atoms with van der Waals surface area (Å²) in [6.45, 7) is 6.95. The SMILES string of the molecule is CC/C=C\CN=CN/C=C(/Br)C=C(C)C. The quantitative estimate of drug-likeness (QED) is 0.338. The van der Waals surface area contributed by atoms with Gasteiger partial charge in [-0.05, 0) is 42.3 Å². The molecular formula is C12H19BrN2. The van der Waals surface area contributed by atoms with E-state index in [2.05, 4.69) is 53.1 Å². The average molecular weight is 271 g/mol. The van der Waals surface area contributed by atoms with E-state index < -0.39 is 0 Å². The summed E-state index contributed by atoms with van der Waals surface area (Å²) in [5, 5.41) is 2.99. The lowest BCUT2D eigenvalue weighted by atomic mass is 10.3. The molecule has 0 atom stereocenters. The van der Waals surface area contributed by atoms with Gasteiger partial charge in [0, 0.05) is 10.7 Å². The van der Waals surface area contributed by atoms with Gasteiger partial charge in [-0.3, -0.25) is 4.99 Å². The van der Waals surface area contributed by atoms with E-state index in [0.29, 0.717) is 0 Å². The summed E-state index contributed by atoms with van der Waals surface area (Å²) in [5.41, 5.74) is 1.25. The van der Waals surface area contributed by atoms with Gasteiger partial charge in [0.2, 0.25) is 0 Å². The molecule has 0 heterocycles. The van der Waals surface area contributed by atoms with Gasteiger partial charge in [0.25, 0.3) is 0 Å². The Morgan fingerprint density at radius 1 is 1.33 bits per heavy atom. The number of aliphatic imine (C=N–C) groups is 1. The van der Waals surface area contributed by atoms with Crippen LogP contribution in [0.3, 0.4) is 0 Å². The van der Waals surface area contributed by atoms with E-state index in [1.807, 2.05) is 18.4 Å². The van der Waals surface area contributed by atoms with E-state index >= 15 is 0 Å². The molecular weight excluding hydrogens is 252 g/mol. The predicted octanol–water partition coefficient (Wildman–Crippen LogP) is 3.77. The molecule has 0 aliphatic carbocycles. The van der Waals surface area contributed by atoms with Crippen LogP contribution in [0.25, 0.3) is 0 Å². The molecule has 0 saturated carbocycles. The fourth-order valence-corrected chi connectivity index (χ4v) is 1.43. The number of halogens is 1. The number of nitrogens with zero attached hydrogens (tertiary/aromatic N) is 1. The molecule has 3 heteroatoms. The summed E-state index contributed by atoms with van der Waals surface area (Å²) in [5.74, 6) is 0. The molecule has 0 aliphatic heterocycles. The summed E-state index contributed by atoms with van der Waals surface area (Å²) in [4.78, 5) is 4.15. The van der Waals surface area contributed by atoms with Crippen molar-refractivity contribution in [3.63, 3.8) is 0 Å². The molecule has 0 aromatic heterocycles. The normalized spacial score (nSPS) is 12.4. The lowest BCUT2D eigenvalue weighted by Gasteiger charge is -1.92. The van der Waals surface area contributed by atoms with E-state index in [4.69, 9.17) is 0 Å². The Labute approximate surface area is 101 Å². The van der Waals surface area contributed by atoms with Crippen LogP contribution in [0.5, 0.6) is 0 Å². The molecule has 0 saturated heterocycles. The first kappa shape index (κ1) is 14.2. The zero-order valence-electron chi connectivity index (χ0n) is 9.63. The maximum atomic E-state index is 4.15. The maximum Gasteiger partial charge on any atom is 0.0867 e. The van der Waals surface area contributed by atoms with Gasteiger partial charge in [-0.15, -0.1) is 0 Å². The lowest BCUT2D eigenvalue weighted by Crippen LogP contribution is -2.01. The fourth-order valence-electron chi connectivity index (χ4n) is 0.842. The third-order valence-electron chi connectivity index (χ3n) is 1.43. The van der Waals surface area contributed by atoms with Crippen molar-refractivity contribution in [2.75, 3.05) is 6.54 Å². The highest BCUT2D eigenvalue weighted by Gasteiger charge is 1.83. The average Bonchev–Trinajstić information content (AvgIpc) is 2.15. The van der Waals surface area contributed by atoms with Gasteiger partial charge < -0.3 is 5.32 Å². The highest BCUT2D eigenvalue weighted by molar-refractivity contribution is 9.11. The summed E-state index contributed by atoms with van der Waals surface area (Å²) >= 11 is 3.42. The first-order chi connectivity index (χ1) is 7.16. The summed E-state index contributed by atoms with van der Waals surface area (Å²) in [7, 11) is 0. The minimum Gasteiger partial charge on any atom is -0.352 e. The first-order valence-electron chi connectivity index (χ1n) is 5.06. The van der Waals surface area contributed by atoms with Crippen LogP contribution in [0, 0.1) is 0 Å². The summed E-state index contributed by atoms with van der Waals surface area (Å²) < 4.78 is 1.01. The van der Waals surface area contributed by atoms with Gasteiger partial charge in [0.05, 0.1) is 12.9 Å². The van der Waals surface area contributed by atoms with Crippen LogP contribution in [-0.2, 0) is 0 Å². The van der Waals surface area contributed by atoms with E-state index in [0.717, 1.165) is 17.4 Å². The van der Waals surface area contributed by atoms with Crippen LogP contribution >= 0.6 is 15.9 Å². The fraction of sp³-hybridized carbons (Fsp3) is 0.417. The second-order valence-electron chi connectivity index (χ2n) is 3.29. The predicted molar refractivity (Wildman–Crippen MR) is 72.4 cm³/mol. The van der Waals surface area contributed by atoms with Crippen LogP contribution in [0.15, 0.2) is 39.5 Å². The molecule has 0 aliphatic rings. The largest absolute Gasteiger partial charge is 0.352 e. The van der Waals surface area contributed by atoms with E-state index in [1.54, 1.807) is 6.34 Å². The summed E-state index contributed by atoms with van der Waals surface area (Å²) in [6.07, 6.45) is 10.8. The Morgan fingerprint density at radius 3 is 2.67 bits per heavy atom. The Kier molecular flexibility index (Phi) is 9.18. The number of nitrogens with one attached hydrogen (secondary N) is 1. The number of allylic oxidation sites excluding steroid dienone is 4. The topological polar surface area (TPSA) is 24.4 Å². The first-order valence-corrected chi connectivity index (χ1v) is 5.86. The maximum absolute atomic E-state index is 4.15. The standard InChI is InChI=1S/C12H19BrN2/c1-4-5-6-7-14-10-15-9-12(13)8-11(2)3/h5-6,8-10H,4,7H2,1-3H3,(H,14,15)/b6-5-,12-9+. The van der Waals surface area contributed by atoms with Crippen LogP contribution in [0.4, 0.5) is 0 Å². The van der Waals surface area contributed by atoms with Gasteiger partial charge in [-0.25, -0.2) is 0 Å². The zero-order valence-corrected chi connectivity index (χ0v) is 11.2. The molecule has 0 aromatic carbocycles.